The van der Waals surface area contributed by atoms with Crippen LogP contribution in [0, 0.1) is 0 Å². The molecule has 60 valence electrons. The third kappa shape index (κ3) is 1.93. The molecule has 0 heterocycles. The molecule has 0 unspecified atom stereocenters. The minimum Gasteiger partial charge on any atom is -0.508 e. The van der Waals surface area contributed by atoms with Crippen molar-refractivity contribution in [1.29, 1.82) is 0 Å². The van der Waals surface area contributed by atoms with E-state index in [1.807, 2.05) is 6.07 Å². The van der Waals surface area contributed by atoms with Gasteiger partial charge in [0.1, 0.15) is 5.75 Å². The van der Waals surface area contributed by atoms with Crippen molar-refractivity contribution in [2.24, 2.45) is 11.5 Å². The second-order valence-corrected chi connectivity index (χ2v) is 2.44. The van der Waals surface area contributed by atoms with Crippen molar-refractivity contribution in [3.63, 3.8) is 0 Å². The molecule has 0 aliphatic rings. The fraction of sp³-hybridized carbons (Fsp3) is 0.250. The van der Waals surface area contributed by atoms with E-state index in [0.29, 0.717) is 6.54 Å². The number of hydrogen-bond acceptors (Lipinski definition) is 3. The van der Waals surface area contributed by atoms with Gasteiger partial charge in [-0.25, -0.2) is 0 Å². The Morgan fingerprint density at radius 3 is 2.73 bits per heavy atom. The summed E-state index contributed by atoms with van der Waals surface area (Å²) in [6.07, 6.45) is 0. The zero-order valence-electron chi connectivity index (χ0n) is 6.20. The smallest absolute Gasteiger partial charge is 0.115 e. The van der Waals surface area contributed by atoms with Crippen LogP contribution in [0.2, 0.25) is 0 Å². The molecule has 1 rings (SSSR count). The number of benzene rings is 1. The van der Waals surface area contributed by atoms with Crippen molar-refractivity contribution in [2.45, 2.75) is 6.04 Å². The molecule has 0 aromatic heterocycles. The molecule has 0 spiro atoms. The topological polar surface area (TPSA) is 72.3 Å². The van der Waals surface area contributed by atoms with Gasteiger partial charge in [0, 0.05) is 12.6 Å². The minimum atomic E-state index is -0.179. The summed E-state index contributed by atoms with van der Waals surface area (Å²) in [6.45, 7) is 0.392. The normalized spacial score (nSPS) is 12.9. The second kappa shape index (κ2) is 3.37. The molecular formula is C8H12N2O. The zero-order chi connectivity index (χ0) is 8.27. The van der Waals surface area contributed by atoms with Gasteiger partial charge < -0.3 is 16.6 Å². The average Bonchev–Trinajstić information content (AvgIpc) is 2.03. The van der Waals surface area contributed by atoms with E-state index >= 15 is 0 Å². The van der Waals surface area contributed by atoms with Crippen molar-refractivity contribution in [3.8, 4) is 5.75 Å². The van der Waals surface area contributed by atoms with Crippen molar-refractivity contribution >= 4 is 0 Å². The Labute approximate surface area is 65.6 Å². The van der Waals surface area contributed by atoms with Crippen LogP contribution in [0.25, 0.3) is 0 Å². The summed E-state index contributed by atoms with van der Waals surface area (Å²) >= 11 is 0. The van der Waals surface area contributed by atoms with Crippen LogP contribution in [0.5, 0.6) is 5.75 Å². The van der Waals surface area contributed by atoms with E-state index in [4.69, 9.17) is 16.6 Å². The fourth-order valence-electron chi connectivity index (χ4n) is 0.892. The van der Waals surface area contributed by atoms with E-state index in [0.717, 1.165) is 5.56 Å². The number of nitrogens with two attached hydrogens (primary N) is 2. The summed E-state index contributed by atoms with van der Waals surface area (Å²) in [5.41, 5.74) is 11.8. The highest BCUT2D eigenvalue weighted by molar-refractivity contribution is 5.29. The first-order valence-corrected chi connectivity index (χ1v) is 3.48. The fourth-order valence-corrected chi connectivity index (χ4v) is 0.892. The maximum atomic E-state index is 9.06. The molecule has 0 radical (unpaired) electrons. The van der Waals surface area contributed by atoms with E-state index in [1.54, 1.807) is 18.2 Å². The predicted octanol–water partition coefficient (Wildman–Crippen LogP) is 0.351. The standard InChI is InChI=1S/C8H12N2O/c9-5-8(10)6-2-1-3-7(11)4-6/h1-4,8,11H,5,9-10H2/t8-/m0/s1. The van der Waals surface area contributed by atoms with Crippen molar-refractivity contribution in [1.82, 2.24) is 0 Å². The molecule has 1 aromatic carbocycles. The largest absolute Gasteiger partial charge is 0.508 e. The van der Waals surface area contributed by atoms with E-state index in [-0.39, 0.29) is 11.8 Å². The molecule has 11 heavy (non-hydrogen) atoms. The Bertz CT molecular complexity index is 237. The monoisotopic (exact) mass is 152 g/mol. The van der Waals surface area contributed by atoms with Gasteiger partial charge in [-0.2, -0.15) is 0 Å². The van der Waals surface area contributed by atoms with E-state index < -0.39 is 0 Å². The van der Waals surface area contributed by atoms with Gasteiger partial charge in [-0.15, -0.1) is 0 Å². The van der Waals surface area contributed by atoms with Crippen molar-refractivity contribution < 1.29 is 5.11 Å². The highest BCUT2D eigenvalue weighted by Crippen LogP contribution is 2.15. The van der Waals surface area contributed by atoms with Gasteiger partial charge in [0.2, 0.25) is 0 Å². The highest BCUT2D eigenvalue weighted by Gasteiger charge is 2.02. The van der Waals surface area contributed by atoms with Gasteiger partial charge in [0.05, 0.1) is 0 Å². The number of phenolic OH excluding ortho intramolecular Hbond substituents is 1. The first-order valence-electron chi connectivity index (χ1n) is 3.48. The third-order valence-electron chi connectivity index (χ3n) is 1.55. The Morgan fingerprint density at radius 2 is 2.18 bits per heavy atom. The molecule has 0 aliphatic heterocycles. The summed E-state index contributed by atoms with van der Waals surface area (Å²) < 4.78 is 0. The Morgan fingerprint density at radius 1 is 1.45 bits per heavy atom. The molecule has 0 saturated carbocycles. The summed E-state index contributed by atoms with van der Waals surface area (Å²) in [5, 5.41) is 9.06. The SMILES string of the molecule is NC[C@H](N)c1cccc(O)c1. The van der Waals surface area contributed by atoms with E-state index in [9.17, 15) is 0 Å². The van der Waals surface area contributed by atoms with Gasteiger partial charge in [-0.1, -0.05) is 12.1 Å². The first-order chi connectivity index (χ1) is 5.24. The van der Waals surface area contributed by atoms with Gasteiger partial charge in [0.15, 0.2) is 0 Å². The maximum absolute atomic E-state index is 9.06. The molecule has 5 N–H and O–H groups in total. The average molecular weight is 152 g/mol. The van der Waals surface area contributed by atoms with E-state index in [1.165, 1.54) is 0 Å². The van der Waals surface area contributed by atoms with Gasteiger partial charge in [0.25, 0.3) is 0 Å². The molecule has 3 heteroatoms. The molecule has 0 saturated heterocycles. The van der Waals surface area contributed by atoms with Crippen LogP contribution in [0.15, 0.2) is 24.3 Å². The first kappa shape index (κ1) is 8.04. The molecule has 1 aromatic rings. The van der Waals surface area contributed by atoms with E-state index in [2.05, 4.69) is 0 Å². The molecule has 0 bridgehead atoms. The quantitative estimate of drug-likeness (QED) is 0.572. The van der Waals surface area contributed by atoms with Crippen LogP contribution in [-0.4, -0.2) is 11.7 Å². The maximum Gasteiger partial charge on any atom is 0.115 e. The molecule has 0 fully saturated rings. The lowest BCUT2D eigenvalue weighted by atomic mass is 10.1. The lowest BCUT2D eigenvalue weighted by Crippen LogP contribution is -2.20. The molecule has 3 nitrogen and oxygen atoms in total. The van der Waals surface area contributed by atoms with Crippen LogP contribution in [0.3, 0.4) is 0 Å². The lowest BCUT2D eigenvalue weighted by Gasteiger charge is -2.08. The molecule has 0 amide bonds. The zero-order valence-corrected chi connectivity index (χ0v) is 6.20. The predicted molar refractivity (Wildman–Crippen MR) is 44.1 cm³/mol. The number of rotatable bonds is 2. The summed E-state index contributed by atoms with van der Waals surface area (Å²) in [6, 6.07) is 6.64. The van der Waals surface area contributed by atoms with Gasteiger partial charge in [-0.3, -0.25) is 0 Å². The molecular weight excluding hydrogens is 140 g/mol. The third-order valence-corrected chi connectivity index (χ3v) is 1.55. The lowest BCUT2D eigenvalue weighted by molar-refractivity contribution is 0.473. The number of hydrogen-bond donors (Lipinski definition) is 3. The molecule has 1 atom stereocenters. The highest BCUT2D eigenvalue weighted by atomic mass is 16.3. The summed E-state index contributed by atoms with van der Waals surface area (Å²) in [5.74, 6) is 0.228. The minimum absolute atomic E-state index is 0.179. The second-order valence-electron chi connectivity index (χ2n) is 2.44. The molecule has 0 aliphatic carbocycles. The van der Waals surface area contributed by atoms with Crippen LogP contribution in [0.1, 0.15) is 11.6 Å². The summed E-state index contributed by atoms with van der Waals surface area (Å²) in [7, 11) is 0. The number of phenols is 1. The Hall–Kier alpha value is -1.06. The van der Waals surface area contributed by atoms with Crippen LogP contribution >= 0.6 is 0 Å². The van der Waals surface area contributed by atoms with Gasteiger partial charge in [-0.05, 0) is 17.7 Å². The summed E-state index contributed by atoms with van der Waals surface area (Å²) in [4.78, 5) is 0. The van der Waals surface area contributed by atoms with Crippen molar-refractivity contribution in [3.05, 3.63) is 29.8 Å². The van der Waals surface area contributed by atoms with Crippen LogP contribution in [-0.2, 0) is 0 Å². The Kier molecular flexibility index (Phi) is 2.46. The Balaban J connectivity index is 2.86. The van der Waals surface area contributed by atoms with Crippen LogP contribution in [0.4, 0.5) is 0 Å². The number of aromatic hydroxyl groups is 1. The van der Waals surface area contributed by atoms with Crippen LogP contribution < -0.4 is 11.5 Å². The van der Waals surface area contributed by atoms with Crippen molar-refractivity contribution in [2.75, 3.05) is 6.54 Å². The van der Waals surface area contributed by atoms with Gasteiger partial charge >= 0.3 is 0 Å².